The van der Waals surface area contributed by atoms with E-state index in [1.54, 1.807) is 10.7 Å². The molecule has 0 aliphatic carbocycles. The van der Waals surface area contributed by atoms with Gasteiger partial charge in [-0.25, -0.2) is 9.50 Å². The first kappa shape index (κ1) is 8.52. The molecule has 0 aromatic carbocycles. The fourth-order valence-electron chi connectivity index (χ4n) is 0.841. The number of hydrogen-bond donors (Lipinski definition) is 0. The Hall–Kier alpha value is -0.0700. The maximum absolute atomic E-state index is 5.80. The first-order valence-electron chi connectivity index (χ1n) is 3.03. The van der Waals surface area contributed by atoms with Crippen LogP contribution in [0.4, 0.5) is 0 Å². The lowest BCUT2D eigenvalue weighted by molar-refractivity contribution is 0.933. The van der Waals surface area contributed by atoms with Crippen molar-refractivity contribution in [1.29, 1.82) is 0 Å². The minimum atomic E-state index is 0.450. The van der Waals surface area contributed by atoms with Gasteiger partial charge in [0.05, 0.1) is 9.77 Å². The maximum Gasteiger partial charge on any atom is 0.175 e. The summed E-state index contributed by atoms with van der Waals surface area (Å²) in [5.41, 5.74) is 0.585. The molecule has 0 fully saturated rings. The van der Waals surface area contributed by atoms with Gasteiger partial charge in [-0.1, -0.05) is 23.2 Å². The summed E-state index contributed by atoms with van der Waals surface area (Å²) in [5.74, 6) is 0. The molecule has 12 heavy (non-hydrogen) atoms. The molecule has 6 heteroatoms. The summed E-state index contributed by atoms with van der Waals surface area (Å²) in [6, 6.07) is 0. The van der Waals surface area contributed by atoms with Crippen LogP contribution in [0.3, 0.4) is 0 Å². The maximum atomic E-state index is 5.80. The Bertz CT molecular complexity index is 440. The second kappa shape index (κ2) is 3.01. The molecule has 62 valence electrons. The minimum Gasteiger partial charge on any atom is -0.220 e. The monoisotopic (exact) mass is 313 g/mol. The largest absolute Gasteiger partial charge is 0.220 e. The highest BCUT2D eigenvalue weighted by molar-refractivity contribution is 14.1. The molecule has 0 atom stereocenters. The molecule has 0 saturated carbocycles. The smallest absolute Gasteiger partial charge is 0.175 e. The van der Waals surface area contributed by atoms with E-state index in [-0.39, 0.29) is 0 Å². The average molecular weight is 314 g/mol. The van der Waals surface area contributed by atoms with Gasteiger partial charge in [0.15, 0.2) is 5.65 Å². The molecule has 0 unspecified atom stereocenters. The van der Waals surface area contributed by atoms with Crippen molar-refractivity contribution in [2.24, 2.45) is 0 Å². The molecule has 2 aromatic heterocycles. The Morgan fingerprint density at radius 2 is 2.17 bits per heavy atom. The number of fused-ring (bicyclic) bond motifs is 1. The molecule has 0 amide bonds. The normalized spacial score (nSPS) is 10.9. The Kier molecular flexibility index (Phi) is 2.14. The third-order valence-electron chi connectivity index (χ3n) is 1.36. The van der Waals surface area contributed by atoms with Gasteiger partial charge in [0.2, 0.25) is 0 Å². The van der Waals surface area contributed by atoms with Gasteiger partial charge in [-0.05, 0) is 22.6 Å². The lowest BCUT2D eigenvalue weighted by Crippen LogP contribution is -1.92. The quantitative estimate of drug-likeness (QED) is 0.553. The molecule has 0 N–H and O–H groups in total. The first-order valence-corrected chi connectivity index (χ1v) is 4.87. The van der Waals surface area contributed by atoms with Crippen LogP contribution in [-0.4, -0.2) is 14.6 Å². The summed E-state index contributed by atoms with van der Waals surface area (Å²) in [7, 11) is 0. The summed E-state index contributed by atoms with van der Waals surface area (Å²) in [5, 5.41) is 4.94. The fourth-order valence-corrected chi connectivity index (χ4v) is 1.53. The second-order valence-corrected chi connectivity index (χ2v) is 4.07. The van der Waals surface area contributed by atoms with Crippen LogP contribution in [-0.2, 0) is 0 Å². The third kappa shape index (κ3) is 1.27. The molecule has 0 saturated heterocycles. The van der Waals surface area contributed by atoms with Gasteiger partial charge in [0, 0.05) is 6.20 Å². The minimum absolute atomic E-state index is 0.450. The van der Waals surface area contributed by atoms with E-state index in [0.717, 1.165) is 3.57 Å². The van der Waals surface area contributed by atoms with E-state index < -0.39 is 0 Å². The van der Waals surface area contributed by atoms with Crippen molar-refractivity contribution in [3.63, 3.8) is 0 Å². The van der Waals surface area contributed by atoms with Gasteiger partial charge >= 0.3 is 0 Å². The zero-order valence-electron chi connectivity index (χ0n) is 5.63. The highest BCUT2D eigenvalue weighted by atomic mass is 127. The van der Waals surface area contributed by atoms with Crippen LogP contribution in [0.15, 0.2) is 12.4 Å². The van der Waals surface area contributed by atoms with Crippen LogP contribution in [0.2, 0.25) is 10.2 Å². The lowest BCUT2D eigenvalue weighted by atomic mass is 10.6. The molecular formula is C6H2Cl2IN3. The third-order valence-corrected chi connectivity index (χ3v) is 3.03. The fraction of sp³-hybridized carbons (Fsp3) is 0. The number of aromatic nitrogens is 3. The van der Waals surface area contributed by atoms with Gasteiger partial charge in [-0.15, -0.1) is 0 Å². The van der Waals surface area contributed by atoms with Crippen molar-refractivity contribution in [2.45, 2.75) is 0 Å². The molecule has 2 rings (SSSR count). The Morgan fingerprint density at radius 1 is 1.42 bits per heavy atom. The highest BCUT2D eigenvalue weighted by Crippen LogP contribution is 2.20. The zero-order valence-corrected chi connectivity index (χ0v) is 9.30. The Balaban J connectivity index is 2.87. The van der Waals surface area contributed by atoms with Gasteiger partial charge in [0.25, 0.3) is 0 Å². The average Bonchev–Trinajstić information content (AvgIpc) is 2.35. The summed E-state index contributed by atoms with van der Waals surface area (Å²) in [4.78, 5) is 4.06. The van der Waals surface area contributed by atoms with Gasteiger partial charge in [0.1, 0.15) is 10.2 Å². The van der Waals surface area contributed by atoms with Crippen LogP contribution >= 0.6 is 45.8 Å². The number of hydrogen-bond acceptors (Lipinski definition) is 2. The second-order valence-electron chi connectivity index (χ2n) is 2.14. The lowest BCUT2D eigenvalue weighted by Gasteiger charge is -1.96. The molecule has 0 bridgehead atoms. The van der Waals surface area contributed by atoms with Crippen molar-refractivity contribution in [3.05, 3.63) is 26.1 Å². The standard InChI is InChI=1S/C6H2Cl2IN3/c7-3-1-10-12-2-4(9)5(8)11-6(3)12/h1-2H. The predicted molar refractivity (Wildman–Crippen MR) is 55.7 cm³/mol. The molecule has 2 aromatic rings. The molecule has 0 radical (unpaired) electrons. The van der Waals surface area contributed by atoms with Crippen LogP contribution in [0.1, 0.15) is 0 Å². The van der Waals surface area contributed by atoms with Crippen molar-refractivity contribution >= 4 is 51.4 Å². The number of nitrogens with zero attached hydrogens (tertiary/aromatic N) is 3. The van der Waals surface area contributed by atoms with E-state index in [0.29, 0.717) is 15.8 Å². The molecule has 0 aliphatic rings. The van der Waals surface area contributed by atoms with Crippen LogP contribution < -0.4 is 0 Å². The van der Waals surface area contributed by atoms with Crippen molar-refractivity contribution in [1.82, 2.24) is 14.6 Å². The van der Waals surface area contributed by atoms with Gasteiger partial charge in [-0.2, -0.15) is 5.10 Å². The van der Waals surface area contributed by atoms with E-state index in [1.165, 1.54) is 6.20 Å². The van der Waals surface area contributed by atoms with Gasteiger partial charge < -0.3 is 0 Å². The van der Waals surface area contributed by atoms with Crippen molar-refractivity contribution < 1.29 is 0 Å². The molecule has 2 heterocycles. The van der Waals surface area contributed by atoms with Gasteiger partial charge in [-0.3, -0.25) is 0 Å². The van der Waals surface area contributed by atoms with E-state index in [4.69, 9.17) is 23.2 Å². The summed E-state index contributed by atoms with van der Waals surface area (Å²) >= 11 is 13.7. The SMILES string of the molecule is Clc1nc2c(Cl)cnn2cc1I. The number of rotatable bonds is 0. The molecular weight excluding hydrogens is 312 g/mol. The van der Waals surface area contributed by atoms with Crippen molar-refractivity contribution in [2.75, 3.05) is 0 Å². The number of halogens is 3. The Morgan fingerprint density at radius 3 is 2.92 bits per heavy atom. The van der Waals surface area contributed by atoms with E-state index in [1.807, 2.05) is 0 Å². The van der Waals surface area contributed by atoms with Crippen LogP contribution in [0, 0.1) is 3.57 Å². The van der Waals surface area contributed by atoms with E-state index >= 15 is 0 Å². The van der Waals surface area contributed by atoms with Crippen LogP contribution in [0.25, 0.3) is 5.65 Å². The Labute approximate surface area is 91.8 Å². The predicted octanol–water partition coefficient (Wildman–Crippen LogP) is 2.64. The summed E-state index contributed by atoms with van der Waals surface area (Å²) in [6.07, 6.45) is 3.31. The molecule has 3 nitrogen and oxygen atoms in total. The van der Waals surface area contributed by atoms with E-state index in [9.17, 15) is 0 Å². The zero-order chi connectivity index (χ0) is 8.72. The first-order chi connectivity index (χ1) is 5.68. The molecule has 0 spiro atoms. The van der Waals surface area contributed by atoms with Crippen LogP contribution in [0.5, 0.6) is 0 Å². The highest BCUT2D eigenvalue weighted by Gasteiger charge is 2.06. The topological polar surface area (TPSA) is 30.2 Å². The summed E-state index contributed by atoms with van der Waals surface area (Å²) in [6.45, 7) is 0. The molecule has 0 aliphatic heterocycles. The summed E-state index contributed by atoms with van der Waals surface area (Å²) < 4.78 is 2.44. The van der Waals surface area contributed by atoms with E-state index in [2.05, 4.69) is 32.7 Å². The van der Waals surface area contributed by atoms with Crippen molar-refractivity contribution in [3.8, 4) is 0 Å².